The normalized spacial score (nSPS) is 9.44. The second kappa shape index (κ2) is 4.08. The van der Waals surface area contributed by atoms with E-state index in [9.17, 15) is 9.59 Å². The van der Waals surface area contributed by atoms with Crippen LogP contribution in [0.25, 0.3) is 0 Å². The predicted octanol–water partition coefficient (Wildman–Crippen LogP) is 0.480. The van der Waals surface area contributed by atoms with Crippen molar-refractivity contribution in [2.75, 3.05) is 0 Å². The van der Waals surface area contributed by atoms with Crippen LogP contribution in [0.1, 0.15) is 0 Å². The van der Waals surface area contributed by atoms with E-state index in [0.29, 0.717) is 6.08 Å². The topological polar surface area (TPSA) is 63.6 Å². The van der Waals surface area contributed by atoms with Crippen molar-refractivity contribution < 1.29 is 18.5 Å². The highest BCUT2D eigenvalue weighted by Crippen LogP contribution is 1.86. The molecule has 4 nitrogen and oxygen atoms in total. The maximum Gasteiger partial charge on any atom is 0.342 e. The minimum atomic E-state index is -1.19. The largest absolute Gasteiger partial charge is 0.478 e. The molecule has 0 aliphatic rings. The molecule has 0 aliphatic heterocycles. The zero-order valence-electron chi connectivity index (χ0n) is 4.20. The van der Waals surface area contributed by atoms with Crippen LogP contribution in [0.5, 0.6) is 0 Å². The maximum absolute atomic E-state index is 10.1. The Hall–Kier alpha value is -0.840. The highest BCUT2D eigenvalue weighted by molar-refractivity contribution is 9.06. The van der Waals surface area contributed by atoms with E-state index in [-0.39, 0.29) is 0 Å². The Labute approximate surface area is 59.6 Å². The fourth-order valence-corrected chi connectivity index (χ4v) is 0.273. The number of carbonyl (C=O) groups is 2. The van der Waals surface area contributed by atoms with E-state index in [1.807, 2.05) is 0 Å². The van der Waals surface area contributed by atoms with E-state index >= 15 is 0 Å². The third-order valence-electron chi connectivity index (χ3n) is 0.438. The second-order valence-electron chi connectivity index (χ2n) is 1.07. The van der Waals surface area contributed by atoms with Crippen molar-refractivity contribution in [3.63, 3.8) is 0 Å². The number of carbonyl (C=O) groups excluding carboxylic acids is 1. The highest BCUT2D eigenvalue weighted by Gasteiger charge is 1.93. The van der Waals surface area contributed by atoms with Gasteiger partial charge in [-0.3, -0.25) is 0 Å². The zero-order chi connectivity index (χ0) is 7.28. The lowest BCUT2D eigenvalue weighted by molar-refractivity contribution is -0.132. The number of halogens is 1. The minimum Gasteiger partial charge on any atom is -0.478 e. The molecule has 0 heterocycles. The van der Waals surface area contributed by atoms with Crippen LogP contribution in [-0.2, 0) is 13.4 Å². The summed E-state index contributed by atoms with van der Waals surface area (Å²) < 4.78 is 3.92. The van der Waals surface area contributed by atoms with E-state index in [1.54, 1.807) is 0 Å². The van der Waals surface area contributed by atoms with Crippen molar-refractivity contribution >= 4 is 28.2 Å². The maximum atomic E-state index is 10.1. The molecule has 0 aromatic rings. The predicted molar refractivity (Wildman–Crippen MR) is 31.8 cm³/mol. The summed E-state index contributed by atoms with van der Waals surface area (Å²) in [5.41, 5.74) is 0. The van der Waals surface area contributed by atoms with Gasteiger partial charge in [0, 0.05) is 12.2 Å². The Balaban J connectivity index is 3.71. The molecule has 0 saturated heterocycles. The van der Waals surface area contributed by atoms with Gasteiger partial charge in [-0.1, -0.05) is 0 Å². The van der Waals surface area contributed by atoms with Gasteiger partial charge in [-0.05, 0) is 0 Å². The Bertz CT molecular complexity index is 151. The third kappa shape index (κ3) is 5.02. The average Bonchev–Trinajstić information content (AvgIpc) is 1.83. The molecule has 0 spiro atoms. The van der Waals surface area contributed by atoms with Crippen LogP contribution in [0.15, 0.2) is 12.2 Å². The lowest BCUT2D eigenvalue weighted by atomic mass is 10.5. The van der Waals surface area contributed by atoms with Gasteiger partial charge >= 0.3 is 11.9 Å². The molecule has 0 amide bonds. The van der Waals surface area contributed by atoms with Gasteiger partial charge in [-0.25, -0.2) is 9.59 Å². The van der Waals surface area contributed by atoms with Crippen molar-refractivity contribution in [1.82, 2.24) is 0 Å². The third-order valence-corrected chi connectivity index (χ3v) is 0.757. The molecule has 50 valence electrons. The first-order valence-corrected chi connectivity index (χ1v) is 2.55. The molecule has 5 heteroatoms. The minimum absolute atomic E-state index is 0.684. The molecule has 0 aliphatic carbocycles. The highest BCUT2D eigenvalue weighted by atomic mass is 79.9. The average molecular weight is 195 g/mol. The summed E-state index contributed by atoms with van der Waals surface area (Å²) in [5.74, 6) is -1.94. The van der Waals surface area contributed by atoms with E-state index in [0.717, 1.165) is 6.08 Å². The van der Waals surface area contributed by atoms with E-state index in [1.165, 1.54) is 0 Å². The van der Waals surface area contributed by atoms with Gasteiger partial charge in [-0.15, -0.1) is 0 Å². The van der Waals surface area contributed by atoms with Crippen molar-refractivity contribution in [3.8, 4) is 0 Å². The number of hydrogen-bond acceptors (Lipinski definition) is 3. The zero-order valence-corrected chi connectivity index (χ0v) is 5.79. The Morgan fingerprint density at radius 3 is 2.33 bits per heavy atom. The molecule has 0 unspecified atom stereocenters. The Morgan fingerprint density at radius 1 is 1.44 bits per heavy atom. The van der Waals surface area contributed by atoms with Gasteiger partial charge < -0.3 is 8.93 Å². The number of carboxylic acid groups (broad SMARTS) is 1. The summed E-state index contributed by atoms with van der Waals surface area (Å²) in [7, 11) is 0. The molecule has 0 radical (unpaired) electrons. The standard InChI is InChI=1S/C4H3BrO4/c5-9-4(8)2-1-3(6)7/h1-2H,(H,6,7)/b2-1-. The first kappa shape index (κ1) is 8.16. The molecule has 0 fully saturated rings. The van der Waals surface area contributed by atoms with Crippen LogP contribution >= 0.6 is 16.3 Å². The molecular formula is C4H3BrO4. The Kier molecular flexibility index (Phi) is 3.70. The summed E-state index contributed by atoms with van der Waals surface area (Å²) in [6.07, 6.45) is 1.47. The molecule has 0 atom stereocenters. The molecule has 0 rings (SSSR count). The first-order chi connectivity index (χ1) is 4.16. The van der Waals surface area contributed by atoms with Gasteiger partial charge in [0.1, 0.15) is 0 Å². The molecular weight excluding hydrogens is 192 g/mol. The fraction of sp³-hybridized carbons (Fsp3) is 0. The number of hydrogen-bond donors (Lipinski definition) is 1. The summed E-state index contributed by atoms with van der Waals surface area (Å²) in [6, 6.07) is 0. The van der Waals surface area contributed by atoms with Crippen LogP contribution in [0.3, 0.4) is 0 Å². The molecule has 0 aromatic heterocycles. The van der Waals surface area contributed by atoms with Gasteiger partial charge in [0.15, 0.2) is 16.3 Å². The summed E-state index contributed by atoms with van der Waals surface area (Å²) in [6.45, 7) is 0. The van der Waals surface area contributed by atoms with Crippen molar-refractivity contribution in [2.24, 2.45) is 0 Å². The fourth-order valence-electron chi connectivity index (χ4n) is 0.165. The van der Waals surface area contributed by atoms with Crippen molar-refractivity contribution in [2.45, 2.75) is 0 Å². The Morgan fingerprint density at radius 2 is 2.00 bits per heavy atom. The van der Waals surface area contributed by atoms with Crippen LogP contribution < -0.4 is 0 Å². The van der Waals surface area contributed by atoms with Crippen LogP contribution in [0.4, 0.5) is 0 Å². The van der Waals surface area contributed by atoms with Crippen LogP contribution in [-0.4, -0.2) is 17.0 Å². The lowest BCUT2D eigenvalue weighted by Gasteiger charge is -1.81. The summed E-state index contributed by atoms with van der Waals surface area (Å²) >= 11 is 2.37. The van der Waals surface area contributed by atoms with Gasteiger partial charge in [0.25, 0.3) is 0 Å². The summed E-state index contributed by atoms with van der Waals surface area (Å²) in [4.78, 5) is 19.8. The summed E-state index contributed by atoms with van der Waals surface area (Å²) in [5, 5.41) is 7.95. The second-order valence-corrected chi connectivity index (χ2v) is 1.39. The first-order valence-electron chi connectivity index (χ1n) is 1.90. The van der Waals surface area contributed by atoms with Gasteiger partial charge in [0.05, 0.1) is 0 Å². The van der Waals surface area contributed by atoms with Crippen molar-refractivity contribution in [1.29, 1.82) is 0 Å². The molecule has 9 heavy (non-hydrogen) atoms. The van der Waals surface area contributed by atoms with E-state index < -0.39 is 11.9 Å². The van der Waals surface area contributed by atoms with Crippen LogP contribution in [0.2, 0.25) is 0 Å². The SMILES string of the molecule is O=C(O)/C=C\C(=O)OBr. The molecule has 0 saturated carbocycles. The van der Waals surface area contributed by atoms with E-state index in [4.69, 9.17) is 5.11 Å². The number of rotatable bonds is 2. The number of aliphatic carboxylic acids is 1. The smallest absolute Gasteiger partial charge is 0.342 e. The molecule has 1 N–H and O–H groups in total. The van der Waals surface area contributed by atoms with Gasteiger partial charge in [-0.2, -0.15) is 0 Å². The quantitative estimate of drug-likeness (QED) is 0.650. The van der Waals surface area contributed by atoms with E-state index in [2.05, 4.69) is 20.1 Å². The lowest BCUT2D eigenvalue weighted by Crippen LogP contribution is -1.93. The molecule has 0 bridgehead atoms. The van der Waals surface area contributed by atoms with Crippen molar-refractivity contribution in [3.05, 3.63) is 12.2 Å². The van der Waals surface area contributed by atoms with Gasteiger partial charge in [0.2, 0.25) is 0 Å². The monoisotopic (exact) mass is 194 g/mol. The number of carboxylic acids is 1. The van der Waals surface area contributed by atoms with Crippen LogP contribution in [0, 0.1) is 0 Å². The molecule has 0 aromatic carbocycles.